The molecule has 0 spiro atoms. The van der Waals surface area contributed by atoms with E-state index in [2.05, 4.69) is 15.7 Å². The van der Waals surface area contributed by atoms with Crippen LogP contribution in [-0.4, -0.2) is 38.1 Å². The van der Waals surface area contributed by atoms with E-state index in [0.29, 0.717) is 0 Å². The molecular formula is C10H18N2O2S. The predicted octanol–water partition coefficient (Wildman–Crippen LogP) is 1.28. The Kier molecular flexibility index (Phi) is 5.78. The van der Waals surface area contributed by atoms with E-state index < -0.39 is 0 Å². The number of thiazole rings is 1. The molecule has 0 aliphatic rings. The van der Waals surface area contributed by atoms with Crippen LogP contribution in [-0.2, 0) is 15.9 Å². The summed E-state index contributed by atoms with van der Waals surface area (Å²) in [5.41, 5.74) is 2.98. The minimum atomic E-state index is -0.194. The van der Waals surface area contributed by atoms with Gasteiger partial charge in [0.1, 0.15) is 0 Å². The van der Waals surface area contributed by atoms with Crippen molar-refractivity contribution in [1.82, 2.24) is 10.3 Å². The molecule has 1 unspecified atom stereocenters. The topological polar surface area (TPSA) is 43.4 Å². The standard InChI is InChI=1S/C10H18N2O2S/c1-8(10(13-2)14-3)11-5-4-9-6-15-7-12-9/h6-8,10-11H,4-5H2,1-3H3. The first-order valence-electron chi connectivity index (χ1n) is 4.94. The second kappa shape index (κ2) is 6.90. The second-order valence-electron chi connectivity index (χ2n) is 3.31. The SMILES string of the molecule is COC(OC)C(C)NCCc1cscn1. The third-order valence-corrected chi connectivity index (χ3v) is 2.84. The molecule has 0 radical (unpaired) electrons. The first kappa shape index (κ1) is 12.6. The van der Waals surface area contributed by atoms with E-state index in [1.54, 1.807) is 25.6 Å². The summed E-state index contributed by atoms with van der Waals surface area (Å²) < 4.78 is 10.3. The number of methoxy groups -OCH3 is 2. The van der Waals surface area contributed by atoms with E-state index in [4.69, 9.17) is 9.47 Å². The van der Waals surface area contributed by atoms with Crippen LogP contribution in [0.5, 0.6) is 0 Å². The number of ether oxygens (including phenoxy) is 2. The van der Waals surface area contributed by atoms with Crippen LogP contribution < -0.4 is 5.32 Å². The molecule has 86 valence electrons. The van der Waals surface area contributed by atoms with Crippen LogP contribution in [0.15, 0.2) is 10.9 Å². The van der Waals surface area contributed by atoms with Crippen LogP contribution >= 0.6 is 11.3 Å². The van der Waals surface area contributed by atoms with E-state index >= 15 is 0 Å². The summed E-state index contributed by atoms with van der Waals surface area (Å²) in [7, 11) is 3.29. The fourth-order valence-corrected chi connectivity index (χ4v) is 1.98. The predicted molar refractivity (Wildman–Crippen MR) is 61.1 cm³/mol. The van der Waals surface area contributed by atoms with Gasteiger partial charge in [0, 0.05) is 32.6 Å². The highest BCUT2D eigenvalue weighted by atomic mass is 32.1. The summed E-state index contributed by atoms with van der Waals surface area (Å²) in [6.45, 7) is 2.92. The molecule has 15 heavy (non-hydrogen) atoms. The highest BCUT2D eigenvalue weighted by molar-refractivity contribution is 7.07. The fourth-order valence-electron chi connectivity index (χ4n) is 1.39. The zero-order valence-corrected chi connectivity index (χ0v) is 10.2. The summed E-state index contributed by atoms with van der Waals surface area (Å²) in [6, 6.07) is 0.179. The highest BCUT2D eigenvalue weighted by Crippen LogP contribution is 2.02. The first-order chi connectivity index (χ1) is 7.27. The first-order valence-corrected chi connectivity index (χ1v) is 5.88. The van der Waals surface area contributed by atoms with Crippen molar-refractivity contribution in [1.29, 1.82) is 0 Å². The molecule has 0 amide bonds. The highest BCUT2D eigenvalue weighted by Gasteiger charge is 2.14. The summed E-state index contributed by atoms with van der Waals surface area (Å²) in [6.07, 6.45) is 0.744. The van der Waals surface area contributed by atoms with Gasteiger partial charge in [-0.1, -0.05) is 0 Å². The quantitative estimate of drug-likeness (QED) is 0.717. The van der Waals surface area contributed by atoms with Gasteiger partial charge >= 0.3 is 0 Å². The van der Waals surface area contributed by atoms with Crippen LogP contribution in [0.1, 0.15) is 12.6 Å². The third kappa shape index (κ3) is 4.25. The maximum atomic E-state index is 5.15. The molecule has 0 saturated carbocycles. The number of aromatic nitrogens is 1. The van der Waals surface area contributed by atoms with Crippen molar-refractivity contribution in [2.45, 2.75) is 25.7 Å². The van der Waals surface area contributed by atoms with Gasteiger partial charge in [-0.15, -0.1) is 11.3 Å². The van der Waals surface area contributed by atoms with Gasteiger partial charge in [0.25, 0.3) is 0 Å². The van der Waals surface area contributed by atoms with Gasteiger partial charge < -0.3 is 14.8 Å². The molecule has 0 aliphatic heterocycles. The average Bonchev–Trinajstić information content (AvgIpc) is 2.72. The Hall–Kier alpha value is -0.490. The number of nitrogens with zero attached hydrogens (tertiary/aromatic N) is 1. The second-order valence-corrected chi connectivity index (χ2v) is 4.03. The largest absolute Gasteiger partial charge is 0.354 e. The van der Waals surface area contributed by atoms with Crippen molar-refractivity contribution >= 4 is 11.3 Å². The minimum Gasteiger partial charge on any atom is -0.354 e. The summed E-state index contributed by atoms with van der Waals surface area (Å²) in [4.78, 5) is 4.21. The molecule has 1 N–H and O–H groups in total. The van der Waals surface area contributed by atoms with Gasteiger partial charge in [-0.25, -0.2) is 4.98 Å². The van der Waals surface area contributed by atoms with Gasteiger partial charge in [-0.2, -0.15) is 0 Å². The molecule has 1 rings (SSSR count). The molecule has 5 heteroatoms. The van der Waals surface area contributed by atoms with Crippen molar-refractivity contribution in [2.24, 2.45) is 0 Å². The van der Waals surface area contributed by atoms with Gasteiger partial charge in [0.15, 0.2) is 6.29 Å². The Morgan fingerprint density at radius 1 is 1.47 bits per heavy atom. The van der Waals surface area contributed by atoms with Crippen LogP contribution in [0.2, 0.25) is 0 Å². The van der Waals surface area contributed by atoms with E-state index in [1.807, 2.05) is 12.4 Å². The molecule has 1 aromatic heterocycles. The van der Waals surface area contributed by atoms with Crippen molar-refractivity contribution < 1.29 is 9.47 Å². The van der Waals surface area contributed by atoms with Crippen LogP contribution in [0.3, 0.4) is 0 Å². The van der Waals surface area contributed by atoms with E-state index in [0.717, 1.165) is 18.7 Å². The normalized spacial score (nSPS) is 13.3. The number of hydrogen-bond donors (Lipinski definition) is 1. The Balaban J connectivity index is 2.19. The molecule has 0 saturated heterocycles. The molecule has 0 fully saturated rings. The summed E-state index contributed by atoms with van der Waals surface area (Å²) in [5, 5.41) is 5.40. The molecule has 0 aliphatic carbocycles. The van der Waals surface area contributed by atoms with E-state index in [1.165, 1.54) is 0 Å². The molecule has 0 bridgehead atoms. The smallest absolute Gasteiger partial charge is 0.171 e. The fraction of sp³-hybridized carbons (Fsp3) is 0.700. The van der Waals surface area contributed by atoms with Crippen LogP contribution in [0, 0.1) is 0 Å². The van der Waals surface area contributed by atoms with E-state index in [9.17, 15) is 0 Å². The van der Waals surface area contributed by atoms with Crippen LogP contribution in [0.4, 0.5) is 0 Å². The third-order valence-electron chi connectivity index (χ3n) is 2.20. The van der Waals surface area contributed by atoms with Crippen LogP contribution in [0.25, 0.3) is 0 Å². The van der Waals surface area contributed by atoms with Gasteiger partial charge in [0.2, 0.25) is 0 Å². The molecule has 4 nitrogen and oxygen atoms in total. The maximum absolute atomic E-state index is 5.15. The molecule has 0 aromatic carbocycles. The Morgan fingerprint density at radius 2 is 2.20 bits per heavy atom. The Labute approximate surface area is 94.6 Å². The lowest BCUT2D eigenvalue weighted by Gasteiger charge is -2.21. The number of rotatable bonds is 7. The minimum absolute atomic E-state index is 0.179. The van der Waals surface area contributed by atoms with Crippen molar-refractivity contribution in [3.63, 3.8) is 0 Å². The lowest BCUT2D eigenvalue weighted by atomic mass is 10.3. The summed E-state index contributed by atoms with van der Waals surface area (Å²) in [5.74, 6) is 0. The zero-order chi connectivity index (χ0) is 11.1. The summed E-state index contributed by atoms with van der Waals surface area (Å²) >= 11 is 1.63. The van der Waals surface area contributed by atoms with Gasteiger partial charge in [-0.05, 0) is 6.92 Å². The average molecular weight is 230 g/mol. The van der Waals surface area contributed by atoms with Crippen molar-refractivity contribution in [2.75, 3.05) is 20.8 Å². The number of hydrogen-bond acceptors (Lipinski definition) is 5. The lowest BCUT2D eigenvalue weighted by molar-refractivity contribution is -0.119. The Morgan fingerprint density at radius 3 is 2.73 bits per heavy atom. The van der Waals surface area contributed by atoms with Gasteiger partial charge in [0.05, 0.1) is 17.2 Å². The van der Waals surface area contributed by atoms with Gasteiger partial charge in [-0.3, -0.25) is 0 Å². The zero-order valence-electron chi connectivity index (χ0n) is 9.40. The van der Waals surface area contributed by atoms with E-state index in [-0.39, 0.29) is 12.3 Å². The lowest BCUT2D eigenvalue weighted by Crippen LogP contribution is -2.40. The maximum Gasteiger partial charge on any atom is 0.171 e. The molecule has 1 atom stereocenters. The Bertz CT molecular complexity index is 250. The van der Waals surface area contributed by atoms with Crippen molar-refractivity contribution in [3.8, 4) is 0 Å². The van der Waals surface area contributed by atoms with Crippen molar-refractivity contribution in [3.05, 3.63) is 16.6 Å². The monoisotopic (exact) mass is 230 g/mol. The number of nitrogens with one attached hydrogen (secondary N) is 1. The molecule has 1 aromatic rings. The molecule has 1 heterocycles. The molecular weight excluding hydrogens is 212 g/mol.